The molecule has 1 heterocycles. The first-order valence-corrected chi connectivity index (χ1v) is 11.5. The molecule has 3 aromatic carbocycles. The Morgan fingerprint density at radius 3 is 2.57 bits per heavy atom. The minimum absolute atomic E-state index is 0.00537. The summed E-state index contributed by atoms with van der Waals surface area (Å²) in [6.07, 6.45) is -0.895. The summed E-state index contributed by atoms with van der Waals surface area (Å²) in [5, 5.41) is 26.8. The molecule has 37 heavy (non-hydrogen) atoms. The lowest BCUT2D eigenvalue weighted by atomic mass is 9.94. The zero-order valence-corrected chi connectivity index (χ0v) is 20.2. The average Bonchev–Trinajstić information content (AvgIpc) is 2.81. The number of phenols is 1. The number of carbonyl (C=O) groups excluding carboxylic acids is 2. The first kappa shape index (κ1) is 26.1. The number of aliphatic hydroxyl groups is 1. The molecule has 0 saturated heterocycles. The van der Waals surface area contributed by atoms with E-state index < -0.39 is 35.2 Å². The summed E-state index contributed by atoms with van der Waals surface area (Å²) in [6, 6.07) is 12.0. The predicted octanol–water partition coefficient (Wildman–Crippen LogP) is 3.86. The fourth-order valence-electron chi connectivity index (χ4n) is 4.09. The first-order valence-electron chi connectivity index (χ1n) is 11.5. The number of benzene rings is 3. The van der Waals surface area contributed by atoms with Crippen LogP contribution < -0.4 is 20.1 Å². The number of para-hydroxylation sites is 1. The number of anilines is 1. The monoisotopic (exact) mass is 512 g/mol. The van der Waals surface area contributed by atoms with Gasteiger partial charge < -0.3 is 30.3 Å². The molecule has 4 N–H and O–H groups in total. The Kier molecular flexibility index (Phi) is 7.42. The van der Waals surface area contributed by atoms with Gasteiger partial charge in [-0.1, -0.05) is 12.1 Å². The van der Waals surface area contributed by atoms with Gasteiger partial charge in [0, 0.05) is 29.8 Å². The Labute approximate surface area is 211 Å². The molecule has 10 heteroatoms. The standard InChI is InChI=1S/C27H26F2N2O6/c1-27(2,12-15-7-16(28)9-17(29)8-15)30-13-23(33)20-10-18(11-21-25(20)36-14-24(34)31-21)37-26(35)19-5-3-4-6-22(19)32/h3-11,23,30,32-33H,12-14H2,1-2H3,(H,31,34)/t23-/m0/s1. The summed E-state index contributed by atoms with van der Waals surface area (Å²) < 4.78 is 38.1. The molecule has 194 valence electrons. The lowest BCUT2D eigenvalue weighted by Crippen LogP contribution is -2.43. The second-order valence-corrected chi connectivity index (χ2v) is 9.37. The number of fused-ring (bicyclic) bond motifs is 1. The molecule has 0 bridgehead atoms. The number of esters is 1. The topological polar surface area (TPSA) is 117 Å². The highest BCUT2D eigenvalue weighted by Gasteiger charge is 2.27. The van der Waals surface area contributed by atoms with Crippen molar-refractivity contribution in [2.24, 2.45) is 0 Å². The molecule has 0 aliphatic carbocycles. The highest BCUT2D eigenvalue weighted by atomic mass is 19.1. The number of carbonyl (C=O) groups is 2. The third-order valence-corrected chi connectivity index (χ3v) is 5.75. The lowest BCUT2D eigenvalue weighted by Gasteiger charge is -2.29. The van der Waals surface area contributed by atoms with Gasteiger partial charge in [0.15, 0.2) is 6.61 Å². The van der Waals surface area contributed by atoms with Crippen molar-refractivity contribution in [1.82, 2.24) is 5.32 Å². The van der Waals surface area contributed by atoms with E-state index in [0.29, 0.717) is 5.56 Å². The van der Waals surface area contributed by atoms with E-state index in [2.05, 4.69) is 10.6 Å². The maximum Gasteiger partial charge on any atom is 0.347 e. The van der Waals surface area contributed by atoms with Gasteiger partial charge in [-0.15, -0.1) is 0 Å². The van der Waals surface area contributed by atoms with Crippen LogP contribution in [0.15, 0.2) is 54.6 Å². The molecule has 4 rings (SSSR count). The number of hydrogen-bond acceptors (Lipinski definition) is 7. The van der Waals surface area contributed by atoms with Crippen molar-refractivity contribution >= 4 is 17.6 Å². The Balaban J connectivity index is 1.54. The molecule has 8 nitrogen and oxygen atoms in total. The van der Waals surface area contributed by atoms with Crippen LogP contribution in [0.5, 0.6) is 17.2 Å². The van der Waals surface area contributed by atoms with Gasteiger partial charge >= 0.3 is 5.97 Å². The third-order valence-electron chi connectivity index (χ3n) is 5.75. The van der Waals surface area contributed by atoms with E-state index >= 15 is 0 Å². The molecule has 0 spiro atoms. The number of ether oxygens (including phenoxy) is 2. The second-order valence-electron chi connectivity index (χ2n) is 9.37. The SMILES string of the molecule is CC(C)(Cc1cc(F)cc(F)c1)NC[C@H](O)c1cc(OC(=O)c2ccccc2O)cc2c1OCC(=O)N2. The lowest BCUT2D eigenvalue weighted by molar-refractivity contribution is -0.118. The molecule has 0 unspecified atom stereocenters. The van der Waals surface area contributed by atoms with Gasteiger partial charge in [0.1, 0.15) is 34.4 Å². The Bertz CT molecular complexity index is 1320. The van der Waals surface area contributed by atoms with Crippen LogP contribution in [-0.2, 0) is 11.2 Å². The molecule has 1 aliphatic heterocycles. The summed E-state index contributed by atoms with van der Waals surface area (Å²) >= 11 is 0. The van der Waals surface area contributed by atoms with E-state index in [1.807, 2.05) is 13.8 Å². The number of hydrogen-bond donors (Lipinski definition) is 4. The molecular weight excluding hydrogens is 486 g/mol. The average molecular weight is 513 g/mol. The Morgan fingerprint density at radius 2 is 1.86 bits per heavy atom. The maximum absolute atomic E-state index is 13.6. The number of amides is 1. The van der Waals surface area contributed by atoms with Crippen molar-refractivity contribution < 1.29 is 38.1 Å². The molecular formula is C27H26F2N2O6. The Hall–Kier alpha value is -4.02. The van der Waals surface area contributed by atoms with Crippen molar-refractivity contribution in [2.75, 3.05) is 18.5 Å². The highest BCUT2D eigenvalue weighted by molar-refractivity contribution is 5.97. The van der Waals surface area contributed by atoms with Crippen LogP contribution in [-0.4, -0.2) is 40.8 Å². The summed E-state index contributed by atoms with van der Waals surface area (Å²) in [5.41, 5.74) is 0.191. The van der Waals surface area contributed by atoms with Gasteiger partial charge in [-0.05, 0) is 56.2 Å². The smallest absolute Gasteiger partial charge is 0.347 e. The maximum atomic E-state index is 13.6. The van der Waals surface area contributed by atoms with E-state index in [-0.39, 0.29) is 53.6 Å². The van der Waals surface area contributed by atoms with Gasteiger partial charge in [0.2, 0.25) is 0 Å². The summed E-state index contributed by atoms with van der Waals surface area (Å²) in [5.74, 6) is -2.62. The number of aromatic hydroxyl groups is 1. The number of halogens is 2. The van der Waals surface area contributed by atoms with Gasteiger partial charge in [-0.2, -0.15) is 0 Å². The van der Waals surface area contributed by atoms with Gasteiger partial charge in [0.05, 0.1) is 11.8 Å². The number of rotatable bonds is 8. The number of aliphatic hydroxyl groups excluding tert-OH is 1. The van der Waals surface area contributed by atoms with Crippen LogP contribution in [0.4, 0.5) is 14.5 Å². The highest BCUT2D eigenvalue weighted by Crippen LogP contribution is 2.39. The van der Waals surface area contributed by atoms with Gasteiger partial charge in [-0.25, -0.2) is 13.6 Å². The van der Waals surface area contributed by atoms with Crippen LogP contribution in [0, 0.1) is 11.6 Å². The van der Waals surface area contributed by atoms with Crippen molar-refractivity contribution in [3.8, 4) is 17.2 Å². The zero-order valence-electron chi connectivity index (χ0n) is 20.2. The summed E-state index contributed by atoms with van der Waals surface area (Å²) in [4.78, 5) is 24.5. The molecule has 0 radical (unpaired) electrons. The van der Waals surface area contributed by atoms with E-state index in [1.165, 1.54) is 36.4 Å². The van der Waals surface area contributed by atoms with Gasteiger partial charge in [-0.3, -0.25) is 4.79 Å². The van der Waals surface area contributed by atoms with Crippen molar-refractivity contribution in [3.63, 3.8) is 0 Å². The van der Waals surface area contributed by atoms with Crippen LogP contribution in [0.3, 0.4) is 0 Å². The van der Waals surface area contributed by atoms with Crippen LogP contribution >= 0.6 is 0 Å². The molecule has 1 aliphatic rings. The molecule has 0 fully saturated rings. The quantitative estimate of drug-likeness (QED) is 0.267. The van der Waals surface area contributed by atoms with Crippen molar-refractivity contribution in [2.45, 2.75) is 31.9 Å². The fourth-order valence-corrected chi connectivity index (χ4v) is 4.09. The van der Waals surface area contributed by atoms with Gasteiger partial charge in [0.25, 0.3) is 5.91 Å². The number of nitrogens with one attached hydrogen (secondary N) is 2. The first-order chi connectivity index (χ1) is 17.5. The van der Waals surface area contributed by atoms with E-state index in [9.17, 15) is 28.6 Å². The number of phenolic OH excluding ortho intramolecular Hbond substituents is 1. The van der Waals surface area contributed by atoms with Crippen LogP contribution in [0.1, 0.15) is 41.4 Å². The zero-order chi connectivity index (χ0) is 26.7. The molecule has 0 aromatic heterocycles. The molecule has 0 saturated carbocycles. The van der Waals surface area contributed by atoms with Crippen molar-refractivity contribution in [1.29, 1.82) is 0 Å². The minimum Gasteiger partial charge on any atom is -0.507 e. The van der Waals surface area contributed by atoms with E-state index in [0.717, 1.165) is 6.07 Å². The largest absolute Gasteiger partial charge is 0.507 e. The minimum atomic E-state index is -1.17. The van der Waals surface area contributed by atoms with Crippen LogP contribution in [0.2, 0.25) is 0 Å². The fraction of sp³-hybridized carbons (Fsp3) is 0.259. The summed E-state index contributed by atoms with van der Waals surface area (Å²) in [6.45, 7) is 3.39. The normalized spacial score (nSPS) is 13.8. The Morgan fingerprint density at radius 1 is 1.16 bits per heavy atom. The predicted molar refractivity (Wildman–Crippen MR) is 131 cm³/mol. The van der Waals surface area contributed by atoms with E-state index in [1.54, 1.807) is 12.1 Å². The number of β-amino-alcohol motifs (C(OH)–C–C–N with tert-alkyl or cyclic N) is 1. The van der Waals surface area contributed by atoms with Crippen LogP contribution in [0.25, 0.3) is 0 Å². The third kappa shape index (κ3) is 6.41. The second kappa shape index (κ2) is 10.5. The van der Waals surface area contributed by atoms with E-state index in [4.69, 9.17) is 9.47 Å². The summed E-state index contributed by atoms with van der Waals surface area (Å²) in [7, 11) is 0. The van der Waals surface area contributed by atoms with Crippen molar-refractivity contribution in [3.05, 3.63) is 82.9 Å². The molecule has 1 amide bonds. The molecule has 3 aromatic rings. The molecule has 1 atom stereocenters.